The molecular weight excluding hydrogens is 750 g/mol. The van der Waals surface area contributed by atoms with Gasteiger partial charge in [-0.2, -0.15) is 17.5 Å². The van der Waals surface area contributed by atoms with Crippen LogP contribution in [-0.2, 0) is 42.4 Å². The fourth-order valence-corrected chi connectivity index (χ4v) is 8.46. The van der Waals surface area contributed by atoms with Gasteiger partial charge in [0.05, 0.1) is 33.4 Å². The summed E-state index contributed by atoms with van der Waals surface area (Å²) >= 11 is 0. The molecule has 0 saturated heterocycles. The number of nitrogens with zero attached hydrogens (tertiary/aromatic N) is 5. The van der Waals surface area contributed by atoms with Gasteiger partial charge >= 0.3 is 6.18 Å². The van der Waals surface area contributed by atoms with Gasteiger partial charge in [0.15, 0.2) is 5.82 Å². The van der Waals surface area contributed by atoms with Crippen LogP contribution in [0.1, 0.15) is 38.2 Å². The lowest BCUT2D eigenvalue weighted by molar-refractivity contribution is -0.139. The van der Waals surface area contributed by atoms with E-state index in [-0.39, 0.29) is 49.0 Å². The summed E-state index contributed by atoms with van der Waals surface area (Å²) in [5, 5.41) is 14.9. The summed E-state index contributed by atoms with van der Waals surface area (Å²) in [4.78, 5) is 11.7. The summed E-state index contributed by atoms with van der Waals surface area (Å²) in [6, 6.07) is 26.8. The van der Waals surface area contributed by atoms with Gasteiger partial charge in [-0.25, -0.2) is 13.1 Å². The molecule has 0 fully saturated rings. The highest BCUT2D eigenvalue weighted by molar-refractivity contribution is 7.89. The molecule has 1 aliphatic rings. The van der Waals surface area contributed by atoms with Crippen LogP contribution in [0.4, 0.5) is 13.2 Å². The van der Waals surface area contributed by atoms with E-state index in [1.165, 1.54) is 32.1 Å². The van der Waals surface area contributed by atoms with Crippen LogP contribution in [0, 0.1) is 0 Å². The first-order valence-corrected chi connectivity index (χ1v) is 18.7. The minimum atomic E-state index is -5.15. The van der Waals surface area contributed by atoms with Crippen molar-refractivity contribution in [3.8, 4) is 39.8 Å². The van der Waals surface area contributed by atoms with E-state index >= 15 is 21.6 Å². The Balaban J connectivity index is 1.50. The summed E-state index contributed by atoms with van der Waals surface area (Å²) in [6.07, 6.45) is -5.15. The summed E-state index contributed by atoms with van der Waals surface area (Å²) < 4.78 is 95.0. The van der Waals surface area contributed by atoms with Gasteiger partial charge in [0.25, 0.3) is 5.91 Å². The topological polar surface area (TPSA) is 138 Å². The number of alkyl halides is 3. The first kappa shape index (κ1) is 38.0. The molecule has 0 bridgehead atoms. The van der Waals surface area contributed by atoms with Crippen LogP contribution in [0.2, 0.25) is 0 Å². The van der Waals surface area contributed by atoms with Crippen LogP contribution in [0.15, 0.2) is 108 Å². The van der Waals surface area contributed by atoms with Crippen molar-refractivity contribution in [3.05, 3.63) is 137 Å². The Morgan fingerprint density at radius 3 is 1.80 bits per heavy atom. The summed E-state index contributed by atoms with van der Waals surface area (Å²) in [5.41, 5.74) is 1.09. The highest BCUT2D eigenvalue weighted by atomic mass is 32.2. The fourth-order valence-electron chi connectivity index (χ4n) is 6.64. The molecule has 1 aromatic heterocycles. The maximum Gasteiger partial charge on any atom is 0.417 e. The lowest BCUT2D eigenvalue weighted by Crippen LogP contribution is -2.32. The van der Waals surface area contributed by atoms with E-state index in [1.54, 1.807) is 91.0 Å². The number of hydrogen-bond donors (Lipinski definition) is 1. The van der Waals surface area contributed by atoms with Crippen LogP contribution >= 0.6 is 0 Å². The van der Waals surface area contributed by atoms with E-state index in [9.17, 15) is 4.79 Å². The second-order valence-corrected chi connectivity index (χ2v) is 14.7. The van der Waals surface area contributed by atoms with Crippen molar-refractivity contribution < 1.29 is 40.6 Å². The highest BCUT2D eigenvalue weighted by Gasteiger charge is 2.43. The number of sulfonamides is 1. The van der Waals surface area contributed by atoms with Crippen LogP contribution in [0.25, 0.3) is 22.5 Å². The molecule has 288 valence electrons. The molecule has 7 rings (SSSR count). The minimum Gasteiger partial charge on any atom is -0.497 e. The predicted molar refractivity (Wildman–Crippen MR) is 199 cm³/mol. The summed E-state index contributed by atoms with van der Waals surface area (Å²) in [6.45, 7) is -0.578. The number of carbonyl (C=O) groups is 1. The molecule has 1 aliphatic heterocycles. The van der Waals surface area contributed by atoms with E-state index in [2.05, 4.69) is 20.8 Å². The number of fused-ring (bicyclic) bond motifs is 1. The van der Waals surface area contributed by atoms with Crippen molar-refractivity contribution >= 4 is 15.9 Å². The van der Waals surface area contributed by atoms with Crippen molar-refractivity contribution in [3.63, 3.8) is 0 Å². The molecule has 0 aliphatic carbocycles. The third-order valence-corrected chi connectivity index (χ3v) is 11.4. The molecule has 12 nitrogen and oxygen atoms in total. The van der Waals surface area contributed by atoms with E-state index in [0.717, 1.165) is 10.4 Å². The number of aromatic nitrogens is 4. The smallest absolute Gasteiger partial charge is 0.417 e. The van der Waals surface area contributed by atoms with Crippen LogP contribution in [0.3, 0.4) is 0 Å². The second kappa shape index (κ2) is 15.5. The number of nitrogens with one attached hydrogen (secondary N) is 1. The first-order valence-electron chi connectivity index (χ1n) is 17.2. The fraction of sp³-hybridized carbons (Fsp3) is 0.200. The molecule has 0 atom stereocenters. The minimum absolute atomic E-state index is 0.0319. The van der Waals surface area contributed by atoms with Crippen LogP contribution in [-0.4, -0.2) is 60.2 Å². The standard InChI is InChI=1S/C40H35F3N6O6S/c1-53-28-13-7-25(8-14-28)22-48(23-26-9-15-29(54-2)16-10-26)56(51,52)37-35(40(41,42)43)20-19-32(31-5-4-6-33-34(31)21-44-39(33)50)36(37)38-45-46-47-49(38)24-27-11-17-30(55-3)18-12-27/h4-20H,21-24H2,1-3H3,(H,44,50). The third kappa shape index (κ3) is 7.52. The molecule has 16 heteroatoms. The van der Waals surface area contributed by atoms with Gasteiger partial charge in [-0.1, -0.05) is 54.6 Å². The summed E-state index contributed by atoms with van der Waals surface area (Å²) in [5.74, 6) is 1.01. The molecule has 0 unspecified atom stereocenters. The van der Waals surface area contributed by atoms with Crippen LogP contribution < -0.4 is 19.5 Å². The van der Waals surface area contributed by atoms with Gasteiger partial charge in [-0.15, -0.1) is 5.10 Å². The van der Waals surface area contributed by atoms with Gasteiger partial charge in [-0.3, -0.25) is 4.79 Å². The number of halogens is 3. The van der Waals surface area contributed by atoms with Crippen molar-refractivity contribution in [1.82, 2.24) is 29.8 Å². The summed E-state index contributed by atoms with van der Waals surface area (Å²) in [7, 11) is -0.625. The Bertz CT molecular complexity index is 2440. The largest absolute Gasteiger partial charge is 0.497 e. The van der Waals surface area contributed by atoms with E-state index in [4.69, 9.17) is 14.2 Å². The molecular formula is C40H35F3N6O6S. The normalized spacial score (nSPS) is 12.7. The molecule has 1 amide bonds. The third-order valence-electron chi connectivity index (χ3n) is 9.48. The molecule has 2 heterocycles. The van der Waals surface area contributed by atoms with Gasteiger partial charge in [0, 0.05) is 30.8 Å². The molecule has 1 N–H and O–H groups in total. The number of amides is 1. The second-order valence-electron chi connectivity index (χ2n) is 12.9. The number of carbonyl (C=O) groups excluding carboxylic acids is 1. The first-order chi connectivity index (χ1) is 26.9. The number of rotatable bonds is 13. The molecule has 5 aromatic carbocycles. The van der Waals surface area contributed by atoms with Crippen LogP contribution in [0.5, 0.6) is 17.2 Å². The lowest BCUT2D eigenvalue weighted by Gasteiger charge is -2.27. The average molecular weight is 785 g/mol. The Hall–Kier alpha value is -6.26. The van der Waals surface area contributed by atoms with Crippen molar-refractivity contribution in [1.29, 1.82) is 0 Å². The van der Waals surface area contributed by atoms with Gasteiger partial charge in [-0.05, 0) is 92.3 Å². The zero-order chi connectivity index (χ0) is 39.6. The van der Waals surface area contributed by atoms with E-state index in [0.29, 0.717) is 50.6 Å². The molecule has 56 heavy (non-hydrogen) atoms. The van der Waals surface area contributed by atoms with Gasteiger partial charge in [0.1, 0.15) is 22.1 Å². The number of benzene rings is 5. The van der Waals surface area contributed by atoms with E-state index < -0.39 is 26.7 Å². The SMILES string of the molecule is COc1ccc(CN(Cc2ccc(OC)cc2)S(=O)(=O)c2c(C(F)(F)F)ccc(-c3cccc4c3CNC4=O)c2-c2nnnn2Cc2ccc(OC)cc2)cc1. The van der Waals surface area contributed by atoms with Crippen molar-refractivity contribution in [2.75, 3.05) is 21.3 Å². The number of ether oxygens (including phenoxy) is 3. The highest BCUT2D eigenvalue weighted by Crippen LogP contribution is 2.46. The molecule has 0 radical (unpaired) electrons. The van der Waals surface area contributed by atoms with Crippen molar-refractivity contribution in [2.45, 2.75) is 37.3 Å². The van der Waals surface area contributed by atoms with Gasteiger partial charge in [0.2, 0.25) is 10.0 Å². The Labute approximate surface area is 320 Å². The molecule has 6 aromatic rings. The molecule has 0 saturated carbocycles. The lowest BCUT2D eigenvalue weighted by atomic mass is 9.91. The number of tetrazole rings is 1. The number of methoxy groups -OCH3 is 3. The average Bonchev–Trinajstić information content (AvgIpc) is 3.83. The Morgan fingerprint density at radius 1 is 0.732 bits per heavy atom. The van der Waals surface area contributed by atoms with Gasteiger partial charge < -0.3 is 19.5 Å². The maximum absolute atomic E-state index is 15.4. The Morgan fingerprint density at radius 2 is 1.27 bits per heavy atom. The zero-order valence-corrected chi connectivity index (χ0v) is 31.2. The predicted octanol–water partition coefficient (Wildman–Crippen LogP) is 6.73. The number of hydrogen-bond acceptors (Lipinski definition) is 9. The maximum atomic E-state index is 15.4. The molecule has 0 spiro atoms. The zero-order valence-electron chi connectivity index (χ0n) is 30.4. The monoisotopic (exact) mass is 784 g/mol. The van der Waals surface area contributed by atoms with Crippen molar-refractivity contribution in [2.24, 2.45) is 0 Å². The van der Waals surface area contributed by atoms with E-state index in [1.807, 2.05) is 0 Å². The quantitative estimate of drug-likeness (QED) is 0.135. The Kier molecular flexibility index (Phi) is 10.5.